The first-order valence-electron chi connectivity index (χ1n) is 7.56. The van der Waals surface area contributed by atoms with E-state index in [0.717, 1.165) is 11.8 Å². The van der Waals surface area contributed by atoms with E-state index in [-0.39, 0.29) is 11.7 Å². The molecule has 0 aromatic rings. The first-order chi connectivity index (χ1) is 10.5. The van der Waals surface area contributed by atoms with Crippen molar-refractivity contribution in [3.05, 3.63) is 34.3 Å². The molecule has 1 fully saturated rings. The van der Waals surface area contributed by atoms with E-state index in [0.29, 0.717) is 36.4 Å². The van der Waals surface area contributed by atoms with Crippen molar-refractivity contribution in [1.82, 2.24) is 0 Å². The van der Waals surface area contributed by atoms with Crippen LogP contribution in [0.5, 0.6) is 0 Å². The number of aliphatic hydroxyl groups excluding tert-OH is 1. The lowest BCUT2D eigenvalue weighted by molar-refractivity contribution is -0.135. The number of esters is 1. The maximum Gasteiger partial charge on any atom is 0.337 e. The van der Waals surface area contributed by atoms with Crippen molar-refractivity contribution in [2.75, 3.05) is 19.0 Å². The second kappa shape index (κ2) is 9.03. The molecule has 0 atom stereocenters. The Morgan fingerprint density at radius 3 is 2.59 bits per heavy atom. The molecule has 0 bridgehead atoms. The minimum Gasteiger partial charge on any atom is -0.507 e. The third-order valence-corrected chi connectivity index (χ3v) is 4.39. The normalized spacial score (nSPS) is 19.2. The van der Waals surface area contributed by atoms with E-state index in [2.05, 4.69) is 28.9 Å². The fraction of sp³-hybridized carbons (Fsp3) is 0.588. The number of ether oxygens (including phenoxy) is 2. The molecule has 1 rings (SSSR count). The number of alkyl halides is 1. The van der Waals surface area contributed by atoms with Gasteiger partial charge in [-0.3, -0.25) is 0 Å². The highest BCUT2D eigenvalue weighted by atomic mass is 79.9. The van der Waals surface area contributed by atoms with Gasteiger partial charge in [-0.15, -0.1) is 0 Å². The highest BCUT2D eigenvalue weighted by molar-refractivity contribution is 9.09. The average molecular weight is 373 g/mol. The average Bonchev–Trinajstić information content (AvgIpc) is 2.92. The van der Waals surface area contributed by atoms with Crippen LogP contribution in [0.25, 0.3) is 0 Å². The van der Waals surface area contributed by atoms with Crippen LogP contribution < -0.4 is 0 Å². The number of cyclic esters (lactones) is 1. The van der Waals surface area contributed by atoms with Gasteiger partial charge in [-0.05, 0) is 12.8 Å². The number of hydrogen-bond donors (Lipinski definition) is 1. The quantitative estimate of drug-likeness (QED) is 0.236. The minimum absolute atomic E-state index is 0.00863. The Morgan fingerprint density at radius 1 is 1.50 bits per heavy atom. The van der Waals surface area contributed by atoms with Crippen LogP contribution in [-0.4, -0.2) is 30.1 Å². The van der Waals surface area contributed by atoms with Crippen molar-refractivity contribution in [1.29, 1.82) is 0 Å². The minimum atomic E-state index is -0.436. The lowest BCUT2D eigenvalue weighted by Crippen LogP contribution is -2.08. The number of hydrogen-bond acceptors (Lipinski definition) is 4. The van der Waals surface area contributed by atoms with Gasteiger partial charge in [-0.2, -0.15) is 0 Å². The zero-order valence-corrected chi connectivity index (χ0v) is 15.3. The molecule has 1 aliphatic heterocycles. The van der Waals surface area contributed by atoms with Crippen molar-refractivity contribution < 1.29 is 19.4 Å². The Bertz CT molecular complexity index is 495. The molecule has 0 aliphatic carbocycles. The van der Waals surface area contributed by atoms with Gasteiger partial charge < -0.3 is 14.6 Å². The van der Waals surface area contributed by atoms with Crippen molar-refractivity contribution >= 4 is 21.9 Å². The van der Waals surface area contributed by atoms with Crippen LogP contribution in [-0.2, 0) is 14.3 Å². The van der Waals surface area contributed by atoms with E-state index in [1.165, 1.54) is 5.57 Å². The SMILES string of the molecule is CC/C(=C\CC(/C(O)=C1\CCOC1=O)=C(\OC)C(C)C)CBr. The third kappa shape index (κ3) is 4.63. The summed E-state index contributed by atoms with van der Waals surface area (Å²) in [5.74, 6) is 0.386. The van der Waals surface area contributed by atoms with E-state index in [9.17, 15) is 9.90 Å². The van der Waals surface area contributed by atoms with E-state index >= 15 is 0 Å². The number of methoxy groups -OCH3 is 1. The first kappa shape index (κ1) is 18.8. The predicted octanol–water partition coefficient (Wildman–Crippen LogP) is 4.42. The van der Waals surface area contributed by atoms with Crippen LogP contribution in [0.15, 0.2) is 34.3 Å². The monoisotopic (exact) mass is 372 g/mol. The Hall–Kier alpha value is -1.23. The number of carbonyl (C=O) groups is 1. The number of aliphatic hydroxyl groups is 1. The summed E-state index contributed by atoms with van der Waals surface area (Å²) in [6.45, 7) is 6.41. The highest BCUT2D eigenvalue weighted by Gasteiger charge is 2.27. The standard InChI is InChI=1S/C17H25BrO4/c1-5-12(10-18)6-7-13(16(21-4)11(2)3)15(19)14-8-9-22-17(14)20/h6,11,19H,5,7-10H2,1-4H3/b12-6+,15-14-,16-13+. The van der Waals surface area contributed by atoms with Crippen LogP contribution in [0.2, 0.25) is 0 Å². The summed E-state index contributed by atoms with van der Waals surface area (Å²) in [5, 5.41) is 11.4. The Labute approximate surface area is 141 Å². The molecule has 0 spiro atoms. The second-order valence-electron chi connectivity index (χ2n) is 5.47. The molecule has 1 N–H and O–H groups in total. The van der Waals surface area contributed by atoms with E-state index in [1.807, 2.05) is 13.8 Å². The van der Waals surface area contributed by atoms with Crippen LogP contribution in [0.4, 0.5) is 0 Å². The summed E-state index contributed by atoms with van der Waals surface area (Å²) < 4.78 is 10.4. The molecule has 0 amide bonds. The fourth-order valence-electron chi connectivity index (χ4n) is 2.39. The fourth-order valence-corrected chi connectivity index (χ4v) is 3.02. The lowest BCUT2D eigenvalue weighted by atomic mass is 9.97. The van der Waals surface area contributed by atoms with Crippen molar-refractivity contribution in [2.45, 2.75) is 40.0 Å². The molecule has 22 heavy (non-hydrogen) atoms. The van der Waals surface area contributed by atoms with Crippen LogP contribution in [0, 0.1) is 5.92 Å². The number of halogens is 1. The van der Waals surface area contributed by atoms with Crippen molar-refractivity contribution in [3.63, 3.8) is 0 Å². The van der Waals surface area contributed by atoms with Gasteiger partial charge in [0.2, 0.25) is 0 Å². The Kier molecular flexibility index (Phi) is 7.73. The molecule has 0 aromatic heterocycles. The van der Waals surface area contributed by atoms with E-state index in [1.54, 1.807) is 7.11 Å². The maximum absolute atomic E-state index is 11.7. The molecule has 4 nitrogen and oxygen atoms in total. The zero-order valence-electron chi connectivity index (χ0n) is 13.7. The molecule has 0 saturated carbocycles. The Morgan fingerprint density at radius 2 is 2.18 bits per heavy atom. The van der Waals surface area contributed by atoms with Gasteiger partial charge in [0.05, 0.1) is 19.3 Å². The summed E-state index contributed by atoms with van der Waals surface area (Å²) in [5.41, 5.74) is 2.25. The van der Waals surface area contributed by atoms with E-state index < -0.39 is 5.97 Å². The Balaban J connectivity index is 3.29. The van der Waals surface area contributed by atoms with Gasteiger partial charge in [0.15, 0.2) is 0 Å². The zero-order chi connectivity index (χ0) is 16.7. The number of allylic oxidation sites excluding steroid dienone is 4. The predicted molar refractivity (Wildman–Crippen MR) is 90.9 cm³/mol. The van der Waals surface area contributed by atoms with E-state index in [4.69, 9.17) is 9.47 Å². The molecule has 124 valence electrons. The van der Waals surface area contributed by atoms with Gasteiger partial charge in [0.1, 0.15) is 11.5 Å². The van der Waals surface area contributed by atoms with Gasteiger partial charge >= 0.3 is 5.97 Å². The van der Waals surface area contributed by atoms with Gasteiger partial charge in [-0.1, -0.05) is 48.4 Å². The lowest BCUT2D eigenvalue weighted by Gasteiger charge is -2.17. The molecule has 1 saturated heterocycles. The molecule has 1 heterocycles. The third-order valence-electron chi connectivity index (χ3n) is 3.67. The highest BCUT2D eigenvalue weighted by Crippen LogP contribution is 2.29. The molecular formula is C17H25BrO4. The summed E-state index contributed by atoms with van der Waals surface area (Å²) in [7, 11) is 1.59. The summed E-state index contributed by atoms with van der Waals surface area (Å²) in [6.07, 6.45) is 3.97. The number of rotatable bonds is 7. The maximum atomic E-state index is 11.7. The van der Waals surface area contributed by atoms with Crippen LogP contribution >= 0.6 is 15.9 Å². The summed E-state index contributed by atoms with van der Waals surface area (Å²) >= 11 is 3.46. The number of carbonyl (C=O) groups excluding carboxylic acids is 1. The van der Waals surface area contributed by atoms with Crippen molar-refractivity contribution in [3.8, 4) is 0 Å². The molecule has 1 aliphatic rings. The van der Waals surface area contributed by atoms with Gasteiger partial charge in [0, 0.05) is 23.2 Å². The summed E-state index contributed by atoms with van der Waals surface area (Å²) in [6, 6.07) is 0. The topological polar surface area (TPSA) is 55.8 Å². The summed E-state index contributed by atoms with van der Waals surface area (Å²) in [4.78, 5) is 11.7. The van der Waals surface area contributed by atoms with Gasteiger partial charge in [-0.25, -0.2) is 4.79 Å². The smallest absolute Gasteiger partial charge is 0.337 e. The van der Waals surface area contributed by atoms with Crippen molar-refractivity contribution in [2.24, 2.45) is 5.92 Å². The second-order valence-corrected chi connectivity index (χ2v) is 6.03. The first-order valence-corrected chi connectivity index (χ1v) is 8.68. The largest absolute Gasteiger partial charge is 0.507 e. The van der Waals surface area contributed by atoms with Crippen LogP contribution in [0.1, 0.15) is 40.0 Å². The molecule has 5 heteroatoms. The molecular weight excluding hydrogens is 348 g/mol. The van der Waals surface area contributed by atoms with Crippen LogP contribution in [0.3, 0.4) is 0 Å². The molecule has 0 radical (unpaired) electrons. The molecule has 0 aromatic carbocycles. The van der Waals surface area contributed by atoms with Gasteiger partial charge in [0.25, 0.3) is 0 Å². The molecule has 0 unspecified atom stereocenters.